The first kappa shape index (κ1) is 19.5. The molecule has 1 aromatic heterocycles. The number of benzene rings is 1. The largest absolute Gasteiger partial charge is 0.339 e. The highest BCUT2D eigenvalue weighted by atomic mass is 16.2. The SMILES string of the molecule is CC(=O)N1CCN(C(=O)c2cncc(C(=O)Nc3cc(C)ccc3C)c2)CC1. The van der Waals surface area contributed by atoms with Crippen molar-refractivity contribution in [2.75, 3.05) is 31.5 Å². The fourth-order valence-electron chi connectivity index (χ4n) is 3.15. The van der Waals surface area contributed by atoms with E-state index in [0.717, 1.165) is 16.8 Å². The smallest absolute Gasteiger partial charge is 0.257 e. The van der Waals surface area contributed by atoms with Crippen LogP contribution in [0.25, 0.3) is 0 Å². The van der Waals surface area contributed by atoms with E-state index in [-0.39, 0.29) is 17.7 Å². The highest BCUT2D eigenvalue weighted by molar-refractivity contribution is 6.06. The van der Waals surface area contributed by atoms with Gasteiger partial charge in [0.15, 0.2) is 0 Å². The lowest BCUT2D eigenvalue weighted by Crippen LogP contribution is -2.50. The van der Waals surface area contributed by atoms with Crippen LogP contribution in [0.5, 0.6) is 0 Å². The van der Waals surface area contributed by atoms with E-state index in [1.54, 1.807) is 15.9 Å². The predicted molar refractivity (Wildman–Crippen MR) is 106 cm³/mol. The Bertz CT molecular complexity index is 918. The molecular formula is C21H24N4O3. The van der Waals surface area contributed by atoms with Crippen LogP contribution in [0, 0.1) is 13.8 Å². The molecule has 3 amide bonds. The van der Waals surface area contributed by atoms with Crippen LogP contribution in [0.1, 0.15) is 38.8 Å². The van der Waals surface area contributed by atoms with Crippen LogP contribution in [0.15, 0.2) is 36.7 Å². The molecule has 2 heterocycles. The monoisotopic (exact) mass is 380 g/mol. The van der Waals surface area contributed by atoms with Gasteiger partial charge in [-0.1, -0.05) is 12.1 Å². The molecule has 1 N–H and O–H groups in total. The number of carbonyl (C=O) groups excluding carboxylic acids is 3. The van der Waals surface area contributed by atoms with E-state index in [2.05, 4.69) is 10.3 Å². The molecule has 1 aliphatic rings. The van der Waals surface area contributed by atoms with Gasteiger partial charge in [0.1, 0.15) is 0 Å². The Morgan fingerprint density at radius 3 is 2.25 bits per heavy atom. The Morgan fingerprint density at radius 1 is 0.929 bits per heavy atom. The van der Waals surface area contributed by atoms with Gasteiger partial charge in [-0.25, -0.2) is 0 Å². The van der Waals surface area contributed by atoms with Gasteiger partial charge in [-0.05, 0) is 37.1 Å². The molecule has 1 aliphatic heterocycles. The van der Waals surface area contributed by atoms with E-state index < -0.39 is 0 Å². The van der Waals surface area contributed by atoms with Gasteiger partial charge in [-0.15, -0.1) is 0 Å². The summed E-state index contributed by atoms with van der Waals surface area (Å²) in [6, 6.07) is 7.40. The summed E-state index contributed by atoms with van der Waals surface area (Å²) in [6.07, 6.45) is 2.92. The summed E-state index contributed by atoms with van der Waals surface area (Å²) in [4.78, 5) is 44.3. The third-order valence-electron chi connectivity index (χ3n) is 4.90. The minimum Gasteiger partial charge on any atom is -0.339 e. The van der Waals surface area contributed by atoms with Gasteiger partial charge in [0.2, 0.25) is 5.91 Å². The molecule has 0 aliphatic carbocycles. The van der Waals surface area contributed by atoms with Crippen molar-refractivity contribution in [3.63, 3.8) is 0 Å². The van der Waals surface area contributed by atoms with Crippen LogP contribution in [-0.4, -0.2) is 58.7 Å². The van der Waals surface area contributed by atoms with Crippen molar-refractivity contribution < 1.29 is 14.4 Å². The normalized spacial score (nSPS) is 14.0. The van der Waals surface area contributed by atoms with Crippen LogP contribution < -0.4 is 5.32 Å². The van der Waals surface area contributed by atoms with Crippen molar-refractivity contribution >= 4 is 23.4 Å². The first-order chi connectivity index (χ1) is 13.3. The van der Waals surface area contributed by atoms with Crippen LogP contribution in [0.2, 0.25) is 0 Å². The molecule has 7 heteroatoms. The number of anilines is 1. The van der Waals surface area contributed by atoms with E-state index in [0.29, 0.717) is 37.3 Å². The number of rotatable bonds is 3. The lowest BCUT2D eigenvalue weighted by atomic mass is 10.1. The average Bonchev–Trinajstić information content (AvgIpc) is 2.70. The number of piperazine rings is 1. The van der Waals surface area contributed by atoms with Crippen molar-refractivity contribution in [1.82, 2.24) is 14.8 Å². The van der Waals surface area contributed by atoms with E-state index in [9.17, 15) is 14.4 Å². The predicted octanol–water partition coefficient (Wildman–Crippen LogP) is 2.26. The summed E-state index contributed by atoms with van der Waals surface area (Å²) in [5.74, 6) is -0.479. The quantitative estimate of drug-likeness (QED) is 0.885. The molecule has 0 atom stereocenters. The Labute approximate surface area is 164 Å². The number of carbonyl (C=O) groups is 3. The van der Waals surface area contributed by atoms with Gasteiger partial charge < -0.3 is 15.1 Å². The molecule has 0 spiro atoms. The number of hydrogen-bond donors (Lipinski definition) is 1. The third-order valence-corrected chi connectivity index (χ3v) is 4.90. The molecule has 0 saturated carbocycles. The number of amides is 3. The highest BCUT2D eigenvalue weighted by Crippen LogP contribution is 2.18. The molecule has 1 saturated heterocycles. The minimum atomic E-state index is -0.308. The lowest BCUT2D eigenvalue weighted by molar-refractivity contribution is -0.130. The van der Waals surface area contributed by atoms with Crippen molar-refractivity contribution in [3.8, 4) is 0 Å². The van der Waals surface area contributed by atoms with Gasteiger partial charge in [0.05, 0.1) is 11.1 Å². The number of aromatic nitrogens is 1. The second kappa shape index (κ2) is 8.21. The van der Waals surface area contributed by atoms with E-state index in [1.165, 1.54) is 19.3 Å². The van der Waals surface area contributed by atoms with E-state index in [4.69, 9.17) is 0 Å². The second-order valence-electron chi connectivity index (χ2n) is 7.03. The Morgan fingerprint density at radius 2 is 1.57 bits per heavy atom. The molecule has 0 unspecified atom stereocenters. The van der Waals surface area contributed by atoms with E-state index in [1.807, 2.05) is 32.0 Å². The van der Waals surface area contributed by atoms with Gasteiger partial charge in [0.25, 0.3) is 11.8 Å². The van der Waals surface area contributed by atoms with Gasteiger partial charge in [-0.3, -0.25) is 19.4 Å². The van der Waals surface area contributed by atoms with Crippen molar-refractivity contribution in [1.29, 1.82) is 0 Å². The average molecular weight is 380 g/mol. The molecule has 1 fully saturated rings. The standard InChI is InChI=1S/C21H24N4O3/c1-14-4-5-15(2)19(10-14)23-20(27)17-11-18(13-22-12-17)21(28)25-8-6-24(7-9-25)16(3)26/h4-5,10-13H,6-9H2,1-3H3,(H,23,27). The second-order valence-corrected chi connectivity index (χ2v) is 7.03. The summed E-state index contributed by atoms with van der Waals surface area (Å²) in [5.41, 5.74) is 3.44. The maximum Gasteiger partial charge on any atom is 0.257 e. The summed E-state index contributed by atoms with van der Waals surface area (Å²) < 4.78 is 0. The van der Waals surface area contributed by atoms with Gasteiger partial charge in [-0.2, -0.15) is 0 Å². The summed E-state index contributed by atoms with van der Waals surface area (Å²) in [7, 11) is 0. The summed E-state index contributed by atoms with van der Waals surface area (Å²) in [5, 5.41) is 2.88. The Hall–Kier alpha value is -3.22. The third kappa shape index (κ3) is 4.36. The Kier molecular flexibility index (Phi) is 5.73. The van der Waals surface area contributed by atoms with Gasteiger partial charge >= 0.3 is 0 Å². The van der Waals surface area contributed by atoms with Crippen molar-refractivity contribution in [2.24, 2.45) is 0 Å². The summed E-state index contributed by atoms with van der Waals surface area (Å²) in [6.45, 7) is 7.38. The lowest BCUT2D eigenvalue weighted by Gasteiger charge is -2.34. The zero-order valence-electron chi connectivity index (χ0n) is 16.4. The Balaban J connectivity index is 1.71. The minimum absolute atomic E-state index is 0.0128. The topological polar surface area (TPSA) is 82.6 Å². The molecule has 146 valence electrons. The number of aryl methyl sites for hydroxylation is 2. The maximum absolute atomic E-state index is 12.8. The van der Waals surface area contributed by atoms with Crippen LogP contribution in [0.3, 0.4) is 0 Å². The molecule has 3 rings (SSSR count). The fourth-order valence-corrected chi connectivity index (χ4v) is 3.15. The number of nitrogens with zero attached hydrogens (tertiary/aromatic N) is 3. The molecule has 0 radical (unpaired) electrons. The highest BCUT2D eigenvalue weighted by Gasteiger charge is 2.24. The summed E-state index contributed by atoms with van der Waals surface area (Å²) >= 11 is 0. The van der Waals surface area contributed by atoms with Crippen molar-refractivity contribution in [3.05, 3.63) is 58.9 Å². The van der Waals surface area contributed by atoms with Crippen molar-refractivity contribution in [2.45, 2.75) is 20.8 Å². The molecule has 0 bridgehead atoms. The van der Waals surface area contributed by atoms with Crippen LogP contribution in [0.4, 0.5) is 5.69 Å². The molecule has 7 nitrogen and oxygen atoms in total. The molecule has 28 heavy (non-hydrogen) atoms. The van der Waals surface area contributed by atoms with Crippen LogP contribution >= 0.6 is 0 Å². The maximum atomic E-state index is 12.8. The van der Waals surface area contributed by atoms with E-state index >= 15 is 0 Å². The number of nitrogens with one attached hydrogen (secondary N) is 1. The zero-order chi connectivity index (χ0) is 20.3. The molecule has 2 aromatic rings. The first-order valence-corrected chi connectivity index (χ1v) is 9.23. The zero-order valence-corrected chi connectivity index (χ0v) is 16.4. The first-order valence-electron chi connectivity index (χ1n) is 9.23. The number of hydrogen-bond acceptors (Lipinski definition) is 4. The fraction of sp³-hybridized carbons (Fsp3) is 0.333. The number of pyridine rings is 1. The molecule has 1 aromatic carbocycles. The molecular weight excluding hydrogens is 356 g/mol. The van der Waals surface area contributed by atoms with Gasteiger partial charge in [0, 0.05) is 51.2 Å². The van der Waals surface area contributed by atoms with Crippen LogP contribution in [-0.2, 0) is 4.79 Å².